The molecule has 0 unspecified atom stereocenters. The van der Waals surface area contributed by atoms with Crippen LogP contribution in [0.15, 0.2) is 66.9 Å². The topological polar surface area (TPSA) is 80.4 Å². The van der Waals surface area contributed by atoms with Crippen LogP contribution in [0.25, 0.3) is 0 Å². The maximum absolute atomic E-state index is 12.8. The van der Waals surface area contributed by atoms with E-state index in [1.807, 2.05) is 49.5 Å². The Hall–Kier alpha value is -3.32. The Labute approximate surface area is 180 Å². The highest BCUT2D eigenvalue weighted by molar-refractivity contribution is 6.30. The maximum Gasteiger partial charge on any atom is 0.322 e. The highest BCUT2D eigenvalue weighted by atomic mass is 35.5. The first-order chi connectivity index (χ1) is 14.5. The fraction of sp³-hybridized carbons (Fsp3) is 0.227. The predicted molar refractivity (Wildman–Crippen MR) is 118 cm³/mol. The van der Waals surface area contributed by atoms with Gasteiger partial charge >= 0.3 is 6.03 Å². The molecule has 3 rings (SSSR count). The lowest BCUT2D eigenvalue weighted by Crippen LogP contribution is -2.35. The summed E-state index contributed by atoms with van der Waals surface area (Å²) in [5.41, 5.74) is 2.58. The number of aromatic nitrogens is 1. The van der Waals surface area contributed by atoms with Crippen LogP contribution in [0.5, 0.6) is 0 Å². The van der Waals surface area contributed by atoms with Gasteiger partial charge in [0, 0.05) is 47.8 Å². The summed E-state index contributed by atoms with van der Waals surface area (Å²) in [5, 5.41) is 14.3. The number of halogens is 1. The first-order valence-electron chi connectivity index (χ1n) is 9.65. The largest absolute Gasteiger partial charge is 0.345 e. The smallest absolute Gasteiger partial charge is 0.322 e. The van der Waals surface area contributed by atoms with Crippen molar-refractivity contribution in [3.05, 3.63) is 93.3 Å². The van der Waals surface area contributed by atoms with Gasteiger partial charge in [-0.05, 0) is 48.4 Å². The number of nitro groups is 1. The molecule has 0 aliphatic rings. The quantitative estimate of drug-likeness (QED) is 0.379. The van der Waals surface area contributed by atoms with Crippen LogP contribution < -0.4 is 5.32 Å². The lowest BCUT2D eigenvalue weighted by Gasteiger charge is -2.23. The average molecular weight is 427 g/mol. The summed E-state index contributed by atoms with van der Waals surface area (Å²) >= 11 is 6.09. The molecule has 2 aromatic carbocycles. The molecule has 1 aromatic heterocycles. The van der Waals surface area contributed by atoms with Crippen LogP contribution in [-0.4, -0.2) is 27.0 Å². The fourth-order valence-corrected chi connectivity index (χ4v) is 3.38. The van der Waals surface area contributed by atoms with Crippen LogP contribution in [-0.2, 0) is 13.1 Å². The molecule has 30 heavy (non-hydrogen) atoms. The number of rotatable bonds is 8. The molecular formula is C22H23ClN4O3. The third-order valence-corrected chi connectivity index (χ3v) is 4.86. The second-order valence-electron chi connectivity index (χ2n) is 6.91. The van der Waals surface area contributed by atoms with E-state index in [4.69, 9.17) is 11.6 Å². The molecule has 0 atom stereocenters. The van der Waals surface area contributed by atoms with Crippen molar-refractivity contribution in [3.8, 4) is 0 Å². The zero-order chi connectivity index (χ0) is 21.5. The standard InChI is InChI=1S/C22H23ClN4O3/c1-2-12-26(22(28)24-19-8-10-20(11-9-19)27(29)30)16-21-7-4-13-25(21)15-17-5-3-6-18(23)14-17/h3-11,13-14H,2,12,15-16H2,1H3,(H,24,28). The molecule has 0 aliphatic heterocycles. The number of benzene rings is 2. The fourth-order valence-electron chi connectivity index (χ4n) is 3.17. The van der Waals surface area contributed by atoms with Crippen molar-refractivity contribution in [2.45, 2.75) is 26.4 Å². The molecule has 8 heteroatoms. The first-order valence-corrected chi connectivity index (χ1v) is 10.0. The summed E-state index contributed by atoms with van der Waals surface area (Å²) in [7, 11) is 0. The Bertz CT molecular complexity index is 1020. The molecule has 2 amide bonds. The number of amides is 2. The average Bonchev–Trinajstić information content (AvgIpc) is 3.14. The van der Waals surface area contributed by atoms with E-state index in [9.17, 15) is 14.9 Å². The van der Waals surface area contributed by atoms with E-state index < -0.39 is 4.92 Å². The summed E-state index contributed by atoms with van der Waals surface area (Å²) in [5.74, 6) is 0. The van der Waals surface area contributed by atoms with Crippen LogP contribution in [0, 0.1) is 10.1 Å². The van der Waals surface area contributed by atoms with Gasteiger partial charge in [0.1, 0.15) is 0 Å². The van der Waals surface area contributed by atoms with Crippen molar-refractivity contribution in [2.24, 2.45) is 0 Å². The third-order valence-electron chi connectivity index (χ3n) is 4.63. The molecule has 1 heterocycles. The maximum atomic E-state index is 12.8. The highest BCUT2D eigenvalue weighted by Gasteiger charge is 2.16. The van der Waals surface area contributed by atoms with Crippen molar-refractivity contribution in [3.63, 3.8) is 0 Å². The van der Waals surface area contributed by atoms with Gasteiger partial charge in [-0.3, -0.25) is 10.1 Å². The number of anilines is 1. The predicted octanol–water partition coefficient (Wildman–Crippen LogP) is 5.54. The van der Waals surface area contributed by atoms with Gasteiger partial charge in [0.15, 0.2) is 0 Å². The van der Waals surface area contributed by atoms with E-state index in [0.717, 1.165) is 17.7 Å². The third kappa shape index (κ3) is 5.61. The van der Waals surface area contributed by atoms with Gasteiger partial charge in [0.05, 0.1) is 11.5 Å². The van der Waals surface area contributed by atoms with Crippen molar-refractivity contribution >= 4 is 29.0 Å². The number of carbonyl (C=O) groups excluding carboxylic acids is 1. The summed E-state index contributed by atoms with van der Waals surface area (Å²) in [4.78, 5) is 24.9. The monoisotopic (exact) mass is 426 g/mol. The molecule has 0 aliphatic carbocycles. The summed E-state index contributed by atoms with van der Waals surface area (Å²) < 4.78 is 2.09. The van der Waals surface area contributed by atoms with Crippen molar-refractivity contribution < 1.29 is 9.72 Å². The van der Waals surface area contributed by atoms with E-state index in [1.54, 1.807) is 4.90 Å². The van der Waals surface area contributed by atoms with Crippen molar-refractivity contribution in [1.82, 2.24) is 9.47 Å². The normalized spacial score (nSPS) is 10.6. The number of urea groups is 1. The Kier molecular flexibility index (Phi) is 7.08. The number of carbonyl (C=O) groups is 1. The molecule has 156 valence electrons. The van der Waals surface area contributed by atoms with Crippen LogP contribution in [0.2, 0.25) is 5.02 Å². The molecule has 0 saturated carbocycles. The molecule has 1 N–H and O–H groups in total. The van der Waals surface area contributed by atoms with Crippen LogP contribution >= 0.6 is 11.6 Å². The van der Waals surface area contributed by atoms with Crippen LogP contribution in [0.3, 0.4) is 0 Å². The van der Waals surface area contributed by atoms with Gasteiger partial charge in [-0.15, -0.1) is 0 Å². The number of hydrogen-bond donors (Lipinski definition) is 1. The van der Waals surface area contributed by atoms with Gasteiger partial charge in [-0.1, -0.05) is 30.7 Å². The van der Waals surface area contributed by atoms with Gasteiger partial charge in [0.2, 0.25) is 0 Å². The summed E-state index contributed by atoms with van der Waals surface area (Å²) in [6.07, 6.45) is 2.79. The number of nitro benzene ring substituents is 1. The van der Waals surface area contributed by atoms with Gasteiger partial charge in [-0.2, -0.15) is 0 Å². The number of nitrogens with zero attached hydrogens (tertiary/aromatic N) is 3. The van der Waals surface area contributed by atoms with E-state index in [1.165, 1.54) is 24.3 Å². The van der Waals surface area contributed by atoms with E-state index in [-0.39, 0.29) is 11.7 Å². The van der Waals surface area contributed by atoms with Gasteiger partial charge in [-0.25, -0.2) is 4.79 Å². The zero-order valence-electron chi connectivity index (χ0n) is 16.6. The second-order valence-corrected chi connectivity index (χ2v) is 7.35. The molecule has 0 fully saturated rings. The lowest BCUT2D eigenvalue weighted by molar-refractivity contribution is -0.384. The summed E-state index contributed by atoms with van der Waals surface area (Å²) in [6, 6.07) is 17.2. The first kappa shape index (κ1) is 21.4. The summed E-state index contributed by atoms with van der Waals surface area (Å²) in [6.45, 7) is 3.70. The molecule has 0 saturated heterocycles. The van der Waals surface area contributed by atoms with E-state index >= 15 is 0 Å². The van der Waals surface area contributed by atoms with Crippen LogP contribution in [0.1, 0.15) is 24.6 Å². The van der Waals surface area contributed by atoms with E-state index in [2.05, 4.69) is 9.88 Å². The molecule has 3 aromatic rings. The molecule has 0 radical (unpaired) electrons. The molecular weight excluding hydrogens is 404 g/mol. The number of nitrogens with one attached hydrogen (secondary N) is 1. The van der Waals surface area contributed by atoms with Crippen molar-refractivity contribution in [2.75, 3.05) is 11.9 Å². The Morgan fingerprint density at radius 2 is 1.93 bits per heavy atom. The minimum Gasteiger partial charge on any atom is -0.345 e. The minimum absolute atomic E-state index is 0.0164. The van der Waals surface area contributed by atoms with Crippen LogP contribution in [0.4, 0.5) is 16.2 Å². The molecule has 0 bridgehead atoms. The van der Waals surface area contributed by atoms with E-state index in [0.29, 0.717) is 30.3 Å². The number of hydrogen-bond acceptors (Lipinski definition) is 3. The molecule has 0 spiro atoms. The highest BCUT2D eigenvalue weighted by Crippen LogP contribution is 2.18. The van der Waals surface area contributed by atoms with Crippen molar-refractivity contribution in [1.29, 1.82) is 0 Å². The lowest BCUT2D eigenvalue weighted by atomic mass is 10.2. The molecule has 7 nitrogen and oxygen atoms in total. The van der Waals surface area contributed by atoms with Gasteiger partial charge < -0.3 is 14.8 Å². The second kappa shape index (κ2) is 9.93. The van der Waals surface area contributed by atoms with Gasteiger partial charge in [0.25, 0.3) is 5.69 Å². The SMILES string of the molecule is CCCN(Cc1cccn1Cc1cccc(Cl)c1)C(=O)Nc1ccc([N+](=O)[O-])cc1. The Morgan fingerprint density at radius 1 is 1.17 bits per heavy atom. The number of non-ortho nitro benzene ring substituents is 1. The zero-order valence-corrected chi connectivity index (χ0v) is 17.4. The Balaban J connectivity index is 1.70. The minimum atomic E-state index is -0.469. The Morgan fingerprint density at radius 3 is 2.60 bits per heavy atom.